The van der Waals surface area contributed by atoms with E-state index in [0.29, 0.717) is 36.5 Å². The van der Waals surface area contributed by atoms with Crippen LogP contribution in [0.4, 0.5) is 0 Å². The molecule has 0 radical (unpaired) electrons. The van der Waals surface area contributed by atoms with Gasteiger partial charge in [0, 0.05) is 36.0 Å². The van der Waals surface area contributed by atoms with Gasteiger partial charge in [0.1, 0.15) is 12.4 Å². The SMILES string of the molecule is C=C(C)C(=O)OCCN(CC)CCNC(=O)COC1=CC2=CC(C=C1)S/C(C)=C/C=C\C=C\C2=O. The van der Waals surface area contributed by atoms with Crippen LogP contribution in [0.3, 0.4) is 0 Å². The predicted molar refractivity (Wildman–Crippen MR) is 141 cm³/mol. The van der Waals surface area contributed by atoms with Gasteiger partial charge in [-0.2, -0.15) is 0 Å². The zero-order valence-electron chi connectivity index (χ0n) is 20.6. The van der Waals surface area contributed by atoms with Gasteiger partial charge in [0.2, 0.25) is 0 Å². The van der Waals surface area contributed by atoms with Gasteiger partial charge in [0.05, 0.1) is 0 Å². The minimum absolute atomic E-state index is 0.0222. The lowest BCUT2D eigenvalue weighted by molar-refractivity contribution is -0.139. The molecule has 2 bridgehead atoms. The molecule has 188 valence electrons. The molecule has 35 heavy (non-hydrogen) atoms. The summed E-state index contributed by atoms with van der Waals surface area (Å²) in [6, 6.07) is 0. The van der Waals surface area contributed by atoms with E-state index in [9.17, 15) is 14.4 Å². The number of hydrogen-bond acceptors (Lipinski definition) is 7. The lowest BCUT2D eigenvalue weighted by atomic mass is 10.1. The summed E-state index contributed by atoms with van der Waals surface area (Å²) in [5, 5.41) is 2.81. The van der Waals surface area contributed by atoms with E-state index in [1.54, 1.807) is 36.9 Å². The number of likely N-dealkylation sites (N-methyl/N-ethyl adjacent to an activating group) is 1. The van der Waals surface area contributed by atoms with Crippen molar-refractivity contribution >= 4 is 29.4 Å². The van der Waals surface area contributed by atoms with Gasteiger partial charge in [0.15, 0.2) is 12.4 Å². The molecule has 1 atom stereocenters. The number of carbonyl (C=O) groups is 3. The second-order valence-corrected chi connectivity index (χ2v) is 9.41. The zero-order chi connectivity index (χ0) is 25.6. The number of ketones is 1. The van der Waals surface area contributed by atoms with Gasteiger partial charge < -0.3 is 14.8 Å². The van der Waals surface area contributed by atoms with Gasteiger partial charge in [-0.3, -0.25) is 14.5 Å². The second kappa shape index (κ2) is 15.0. The molecule has 0 saturated carbocycles. The predicted octanol–water partition coefficient (Wildman–Crippen LogP) is 3.64. The summed E-state index contributed by atoms with van der Waals surface area (Å²) in [7, 11) is 0. The van der Waals surface area contributed by atoms with E-state index in [4.69, 9.17) is 9.47 Å². The van der Waals surface area contributed by atoms with Crippen molar-refractivity contribution < 1.29 is 23.9 Å². The van der Waals surface area contributed by atoms with E-state index in [1.807, 2.05) is 44.2 Å². The summed E-state index contributed by atoms with van der Waals surface area (Å²) in [5.74, 6) is -0.322. The van der Waals surface area contributed by atoms with E-state index in [2.05, 4.69) is 16.8 Å². The molecule has 0 saturated heterocycles. The number of thioether (sulfide) groups is 1. The number of nitrogens with zero attached hydrogens (tertiary/aromatic N) is 1. The number of allylic oxidation sites excluding steroid dienone is 9. The van der Waals surface area contributed by atoms with Crippen LogP contribution in [0.15, 0.2) is 83.1 Å². The third-order valence-corrected chi connectivity index (χ3v) is 6.13. The Morgan fingerprint density at radius 3 is 2.74 bits per heavy atom. The standard InChI is InChI=1S/C27H34N2O5S/c1-5-29(15-16-33-27(32)20(2)3)14-13-28-26(31)19-34-23-11-12-24-18-22(17-23)25(30)10-8-6-7-9-21(4)35-24/h6-12,17-18,24H,2,5,13-16,19H2,1,3-4H3,(H,28,31)/b7-6-,10-8+,21-9+. The first kappa shape index (κ1) is 28.1. The van der Waals surface area contributed by atoms with Crippen molar-refractivity contribution in [3.05, 3.63) is 83.1 Å². The molecule has 2 rings (SSSR count). The first-order valence-electron chi connectivity index (χ1n) is 11.6. The molecular formula is C27H34N2O5S. The fraction of sp³-hybridized carbons (Fsp3) is 0.370. The second-order valence-electron chi connectivity index (χ2n) is 7.99. The molecule has 2 aliphatic rings. The number of rotatable bonds is 11. The maximum absolute atomic E-state index is 12.6. The average molecular weight is 499 g/mol. The Labute approximate surface area is 212 Å². The number of carbonyl (C=O) groups excluding carboxylic acids is 3. The van der Waals surface area contributed by atoms with E-state index >= 15 is 0 Å². The molecule has 1 unspecified atom stereocenters. The summed E-state index contributed by atoms with van der Waals surface area (Å²) in [5.41, 5.74) is 0.892. The first-order chi connectivity index (χ1) is 16.8. The molecule has 1 amide bonds. The topological polar surface area (TPSA) is 84.9 Å². The smallest absolute Gasteiger partial charge is 0.333 e. The van der Waals surface area contributed by atoms with Crippen molar-refractivity contribution in [3.63, 3.8) is 0 Å². The monoisotopic (exact) mass is 498 g/mol. The minimum atomic E-state index is -0.402. The number of amides is 1. The minimum Gasteiger partial charge on any atom is -0.484 e. The highest BCUT2D eigenvalue weighted by atomic mass is 32.2. The van der Waals surface area contributed by atoms with Gasteiger partial charge in [0.25, 0.3) is 5.91 Å². The molecule has 0 fully saturated rings. The van der Waals surface area contributed by atoms with Crippen LogP contribution in [-0.2, 0) is 23.9 Å². The molecule has 1 aliphatic heterocycles. The largest absolute Gasteiger partial charge is 0.484 e. The van der Waals surface area contributed by atoms with Crippen molar-refractivity contribution in [2.24, 2.45) is 0 Å². The average Bonchev–Trinajstić information content (AvgIpc) is 3.04. The number of nitrogens with one attached hydrogen (secondary N) is 1. The summed E-state index contributed by atoms with van der Waals surface area (Å²) >= 11 is 1.64. The van der Waals surface area contributed by atoms with Crippen LogP contribution >= 0.6 is 11.8 Å². The summed E-state index contributed by atoms with van der Waals surface area (Å²) in [6.07, 6.45) is 16.3. The Morgan fingerprint density at radius 1 is 1.20 bits per heavy atom. The lowest BCUT2D eigenvalue weighted by Gasteiger charge is -2.20. The van der Waals surface area contributed by atoms with Gasteiger partial charge in [-0.1, -0.05) is 50.0 Å². The molecule has 8 heteroatoms. The fourth-order valence-electron chi connectivity index (χ4n) is 3.11. The Bertz CT molecular complexity index is 988. The highest BCUT2D eigenvalue weighted by molar-refractivity contribution is 8.03. The third-order valence-electron chi connectivity index (χ3n) is 5.06. The number of esters is 1. The van der Waals surface area contributed by atoms with Gasteiger partial charge in [-0.15, -0.1) is 11.8 Å². The lowest BCUT2D eigenvalue weighted by Crippen LogP contribution is -2.38. The third kappa shape index (κ3) is 10.8. The van der Waals surface area contributed by atoms with Crippen molar-refractivity contribution in [2.45, 2.75) is 26.0 Å². The normalized spacial score (nSPS) is 20.9. The highest BCUT2D eigenvalue weighted by Gasteiger charge is 2.15. The Kier molecular flexibility index (Phi) is 12.1. The van der Waals surface area contributed by atoms with Crippen LogP contribution in [0.5, 0.6) is 0 Å². The molecule has 0 aromatic heterocycles. The molecule has 1 aliphatic carbocycles. The maximum Gasteiger partial charge on any atom is 0.333 e. The van der Waals surface area contributed by atoms with Gasteiger partial charge in [-0.05, 0) is 43.5 Å². The Hall–Kier alpha value is -3.10. The Balaban J connectivity index is 1.84. The molecule has 0 spiro atoms. The molecule has 1 heterocycles. The van der Waals surface area contributed by atoms with Crippen LogP contribution in [0, 0.1) is 0 Å². The molecule has 0 aromatic rings. The molecule has 0 aromatic carbocycles. The first-order valence-corrected chi connectivity index (χ1v) is 12.4. The summed E-state index contributed by atoms with van der Waals surface area (Å²) < 4.78 is 10.8. The van der Waals surface area contributed by atoms with Crippen molar-refractivity contribution in [3.8, 4) is 0 Å². The van der Waals surface area contributed by atoms with Crippen LogP contribution in [0.1, 0.15) is 20.8 Å². The Morgan fingerprint density at radius 2 is 2.00 bits per heavy atom. The van der Waals surface area contributed by atoms with Crippen LogP contribution < -0.4 is 5.32 Å². The van der Waals surface area contributed by atoms with Crippen molar-refractivity contribution in [2.75, 3.05) is 39.4 Å². The highest BCUT2D eigenvalue weighted by Crippen LogP contribution is 2.28. The van der Waals surface area contributed by atoms with Gasteiger partial charge in [-0.25, -0.2) is 4.79 Å². The maximum atomic E-state index is 12.6. The van der Waals surface area contributed by atoms with E-state index in [-0.39, 0.29) is 30.2 Å². The molecule has 1 N–H and O–H groups in total. The summed E-state index contributed by atoms with van der Waals surface area (Å²) in [4.78, 5) is 39.5. The number of hydrogen-bond donors (Lipinski definition) is 1. The van der Waals surface area contributed by atoms with Gasteiger partial charge >= 0.3 is 5.97 Å². The summed E-state index contributed by atoms with van der Waals surface area (Å²) in [6.45, 7) is 11.7. The fourth-order valence-corrected chi connectivity index (χ4v) is 4.07. The van der Waals surface area contributed by atoms with Crippen LogP contribution in [0.25, 0.3) is 0 Å². The van der Waals surface area contributed by atoms with Crippen LogP contribution in [0.2, 0.25) is 0 Å². The molecule has 7 nitrogen and oxygen atoms in total. The van der Waals surface area contributed by atoms with E-state index in [0.717, 1.165) is 11.4 Å². The quantitative estimate of drug-likeness (QED) is 0.344. The van der Waals surface area contributed by atoms with E-state index < -0.39 is 5.97 Å². The van der Waals surface area contributed by atoms with Crippen molar-refractivity contribution in [1.29, 1.82) is 0 Å². The van der Waals surface area contributed by atoms with Crippen molar-refractivity contribution in [1.82, 2.24) is 10.2 Å². The number of fused-ring (bicyclic) bond motifs is 1. The van der Waals surface area contributed by atoms with E-state index in [1.165, 1.54) is 6.08 Å². The molecular weight excluding hydrogens is 464 g/mol. The zero-order valence-corrected chi connectivity index (χ0v) is 21.4. The van der Waals surface area contributed by atoms with Crippen LogP contribution in [-0.4, -0.2) is 67.2 Å². The number of ether oxygens (including phenoxy) is 2.